The van der Waals surface area contributed by atoms with Crippen molar-refractivity contribution < 1.29 is 14.7 Å². The lowest BCUT2D eigenvalue weighted by atomic mass is 9.83. The zero-order valence-electron chi connectivity index (χ0n) is 13.8. The molecule has 0 aromatic carbocycles. The number of aryl methyl sites for hydroxylation is 1. The van der Waals surface area contributed by atoms with Gasteiger partial charge in [0.1, 0.15) is 0 Å². The van der Waals surface area contributed by atoms with Crippen LogP contribution in [0.15, 0.2) is 22.8 Å². The van der Waals surface area contributed by atoms with Gasteiger partial charge >= 0.3 is 0 Å². The maximum atomic E-state index is 12.8. The van der Waals surface area contributed by atoms with Crippen LogP contribution in [0.25, 0.3) is 0 Å². The van der Waals surface area contributed by atoms with Gasteiger partial charge in [-0.25, -0.2) is 0 Å². The average molecular weight is 321 g/mol. The fourth-order valence-corrected chi connectivity index (χ4v) is 3.74. The number of amides is 1. The third kappa shape index (κ3) is 2.70. The lowest BCUT2D eigenvalue weighted by Crippen LogP contribution is -2.33. The molecule has 1 aliphatic rings. The molecule has 0 bridgehead atoms. The van der Waals surface area contributed by atoms with Crippen LogP contribution in [0.4, 0.5) is 0 Å². The summed E-state index contributed by atoms with van der Waals surface area (Å²) in [5.41, 5.74) is 0.643. The van der Waals surface area contributed by atoms with Gasteiger partial charge < -0.3 is 10.0 Å². The first-order valence-corrected chi connectivity index (χ1v) is 8.41. The Morgan fingerprint density at radius 3 is 2.50 bits per heavy atom. The molecule has 1 N–H and O–H groups in total. The number of hydrogen-bond acceptors (Lipinski definition) is 4. The standard InChI is InChI=1S/C17H23NO3S/c1-6-8-18-12(14-10(2)7-9-22-14)11(13(19)16(18)21)15(20)17(3,4)5/h7,9,12,19H,6,8H2,1-5H3. The third-order valence-corrected chi connectivity index (χ3v) is 4.92. The monoisotopic (exact) mass is 321 g/mol. The van der Waals surface area contributed by atoms with Gasteiger partial charge in [-0.3, -0.25) is 9.59 Å². The summed E-state index contributed by atoms with van der Waals surface area (Å²) in [7, 11) is 0. The molecule has 1 aromatic heterocycles. The van der Waals surface area contributed by atoms with Crippen LogP contribution in [0.1, 0.15) is 50.6 Å². The molecular weight excluding hydrogens is 298 g/mol. The average Bonchev–Trinajstić information content (AvgIpc) is 2.94. The van der Waals surface area contributed by atoms with Crippen molar-refractivity contribution >= 4 is 23.0 Å². The number of thiophene rings is 1. The first-order chi connectivity index (χ1) is 10.2. The van der Waals surface area contributed by atoms with Crippen LogP contribution >= 0.6 is 11.3 Å². The van der Waals surface area contributed by atoms with Crippen LogP contribution in [0.2, 0.25) is 0 Å². The largest absolute Gasteiger partial charge is 0.503 e. The van der Waals surface area contributed by atoms with Crippen molar-refractivity contribution in [1.29, 1.82) is 0 Å². The number of carbonyl (C=O) groups is 2. The molecule has 1 atom stereocenters. The number of nitrogens with zero attached hydrogens (tertiary/aromatic N) is 1. The van der Waals surface area contributed by atoms with Gasteiger partial charge in [0.2, 0.25) is 0 Å². The number of carbonyl (C=O) groups excluding carboxylic acids is 2. The fraction of sp³-hybridized carbons (Fsp3) is 0.529. The number of aliphatic hydroxyl groups is 1. The predicted octanol–water partition coefficient (Wildman–Crippen LogP) is 3.78. The normalized spacial score (nSPS) is 19.2. The Hall–Kier alpha value is -1.62. The Balaban J connectivity index is 2.59. The zero-order chi connectivity index (χ0) is 16.7. The Kier molecular flexibility index (Phi) is 4.47. The molecule has 0 saturated carbocycles. The summed E-state index contributed by atoms with van der Waals surface area (Å²) in [6.07, 6.45) is 0.775. The van der Waals surface area contributed by atoms with Crippen molar-refractivity contribution in [3.05, 3.63) is 33.2 Å². The smallest absolute Gasteiger partial charge is 0.290 e. The minimum absolute atomic E-state index is 0.172. The summed E-state index contributed by atoms with van der Waals surface area (Å²) >= 11 is 1.52. The van der Waals surface area contributed by atoms with Gasteiger partial charge in [-0.15, -0.1) is 11.3 Å². The highest BCUT2D eigenvalue weighted by molar-refractivity contribution is 7.10. The summed E-state index contributed by atoms with van der Waals surface area (Å²) in [4.78, 5) is 27.8. The Morgan fingerprint density at radius 1 is 1.41 bits per heavy atom. The first kappa shape index (κ1) is 16.7. The Bertz CT molecular complexity index is 637. The van der Waals surface area contributed by atoms with Gasteiger partial charge in [0, 0.05) is 16.8 Å². The Labute approximate surface area is 135 Å². The van der Waals surface area contributed by atoms with E-state index in [1.807, 2.05) is 25.3 Å². The highest BCUT2D eigenvalue weighted by atomic mass is 32.1. The topological polar surface area (TPSA) is 57.6 Å². The molecule has 2 heterocycles. The van der Waals surface area contributed by atoms with E-state index in [1.165, 1.54) is 11.3 Å². The molecule has 120 valence electrons. The van der Waals surface area contributed by atoms with Crippen LogP contribution in [0.3, 0.4) is 0 Å². The van der Waals surface area contributed by atoms with E-state index in [9.17, 15) is 14.7 Å². The van der Waals surface area contributed by atoms with E-state index in [2.05, 4.69) is 0 Å². The second-order valence-electron chi connectivity index (χ2n) is 6.71. The predicted molar refractivity (Wildman–Crippen MR) is 87.9 cm³/mol. The van der Waals surface area contributed by atoms with E-state index < -0.39 is 17.4 Å². The summed E-state index contributed by atoms with van der Waals surface area (Å²) in [6, 6.07) is 1.52. The van der Waals surface area contributed by atoms with Crippen molar-refractivity contribution in [3.8, 4) is 0 Å². The molecule has 0 spiro atoms. The van der Waals surface area contributed by atoms with Gasteiger partial charge in [-0.2, -0.15) is 0 Å². The minimum atomic E-state index is -0.644. The molecule has 5 heteroatoms. The SMILES string of the molecule is CCCN1C(=O)C(O)=C(C(=O)C(C)(C)C)C1c1sccc1C. The number of hydrogen-bond donors (Lipinski definition) is 1. The third-order valence-electron chi connectivity index (χ3n) is 3.84. The maximum absolute atomic E-state index is 12.8. The van der Waals surface area contributed by atoms with Crippen LogP contribution in [-0.2, 0) is 9.59 Å². The van der Waals surface area contributed by atoms with Crippen molar-refractivity contribution in [2.75, 3.05) is 6.54 Å². The van der Waals surface area contributed by atoms with E-state index >= 15 is 0 Å². The van der Waals surface area contributed by atoms with Gasteiger partial charge in [0.05, 0.1) is 11.6 Å². The van der Waals surface area contributed by atoms with E-state index in [0.717, 1.165) is 16.9 Å². The first-order valence-electron chi connectivity index (χ1n) is 7.53. The maximum Gasteiger partial charge on any atom is 0.290 e. The van der Waals surface area contributed by atoms with E-state index in [1.54, 1.807) is 25.7 Å². The highest BCUT2D eigenvalue weighted by Crippen LogP contribution is 2.43. The van der Waals surface area contributed by atoms with E-state index in [0.29, 0.717) is 6.54 Å². The molecule has 0 radical (unpaired) electrons. The second-order valence-corrected chi connectivity index (χ2v) is 7.66. The summed E-state index contributed by atoms with van der Waals surface area (Å²) < 4.78 is 0. The summed E-state index contributed by atoms with van der Waals surface area (Å²) in [5.74, 6) is -0.992. The quantitative estimate of drug-likeness (QED) is 0.918. The van der Waals surface area contributed by atoms with Crippen molar-refractivity contribution in [3.63, 3.8) is 0 Å². The van der Waals surface area contributed by atoms with Crippen LogP contribution in [0, 0.1) is 12.3 Å². The van der Waals surface area contributed by atoms with Gasteiger partial charge in [-0.1, -0.05) is 27.7 Å². The molecule has 0 saturated heterocycles. The van der Waals surface area contributed by atoms with Crippen LogP contribution in [0.5, 0.6) is 0 Å². The fourth-order valence-electron chi connectivity index (χ4n) is 2.70. The number of rotatable bonds is 4. The highest BCUT2D eigenvalue weighted by Gasteiger charge is 2.46. The van der Waals surface area contributed by atoms with Crippen LogP contribution < -0.4 is 0 Å². The molecule has 0 fully saturated rings. The minimum Gasteiger partial charge on any atom is -0.503 e. The number of ketones is 1. The van der Waals surface area contributed by atoms with Crippen LogP contribution in [-0.4, -0.2) is 28.2 Å². The lowest BCUT2D eigenvalue weighted by molar-refractivity contribution is -0.129. The van der Waals surface area contributed by atoms with Gasteiger partial charge in [0.25, 0.3) is 5.91 Å². The van der Waals surface area contributed by atoms with Gasteiger partial charge in [-0.05, 0) is 30.4 Å². The van der Waals surface area contributed by atoms with E-state index in [4.69, 9.17) is 0 Å². The molecule has 1 amide bonds. The lowest BCUT2D eigenvalue weighted by Gasteiger charge is -2.28. The van der Waals surface area contributed by atoms with Crippen molar-refractivity contribution in [2.24, 2.45) is 5.41 Å². The molecule has 2 rings (SSSR count). The molecule has 1 aromatic rings. The number of Topliss-reactive ketones (excluding diaryl/α,β-unsaturated/α-hetero) is 1. The van der Waals surface area contributed by atoms with Gasteiger partial charge in [0.15, 0.2) is 11.5 Å². The summed E-state index contributed by atoms with van der Waals surface area (Å²) in [6.45, 7) is 9.88. The molecular formula is C17H23NO3S. The van der Waals surface area contributed by atoms with E-state index in [-0.39, 0.29) is 17.1 Å². The molecule has 1 aliphatic heterocycles. The molecule has 22 heavy (non-hydrogen) atoms. The molecule has 0 aliphatic carbocycles. The Morgan fingerprint density at radius 2 is 2.05 bits per heavy atom. The molecule has 4 nitrogen and oxygen atoms in total. The molecule has 1 unspecified atom stereocenters. The number of aliphatic hydroxyl groups excluding tert-OH is 1. The van der Waals surface area contributed by atoms with Crippen molar-refractivity contribution in [1.82, 2.24) is 4.90 Å². The zero-order valence-corrected chi connectivity index (χ0v) is 14.6. The summed E-state index contributed by atoms with van der Waals surface area (Å²) in [5, 5.41) is 12.3. The van der Waals surface area contributed by atoms with Crippen molar-refractivity contribution in [2.45, 2.75) is 47.1 Å². The second kappa shape index (κ2) is 5.88.